The molecule has 1 amide bonds. The van der Waals surface area contributed by atoms with E-state index in [0.717, 1.165) is 47.0 Å². The highest BCUT2D eigenvalue weighted by molar-refractivity contribution is 9.11. The monoisotopic (exact) mass is 418 g/mol. The fourth-order valence-electron chi connectivity index (χ4n) is 2.70. The maximum atomic E-state index is 12.1. The zero-order valence-electron chi connectivity index (χ0n) is 11.8. The Bertz CT molecular complexity index is 495. The molecule has 0 aliphatic carbocycles. The van der Waals surface area contributed by atoms with Crippen LogP contribution in [0.4, 0.5) is 5.69 Å². The Morgan fingerprint density at radius 1 is 1.43 bits per heavy atom. The van der Waals surface area contributed by atoms with E-state index >= 15 is 0 Å². The van der Waals surface area contributed by atoms with Crippen LogP contribution in [0.25, 0.3) is 0 Å². The number of piperidine rings is 1. The number of amides is 1. The van der Waals surface area contributed by atoms with Gasteiger partial charge in [0.05, 0.1) is 12.2 Å². The number of aliphatic hydroxyl groups is 1. The molecular weight excluding hydrogens is 400 g/mol. The summed E-state index contributed by atoms with van der Waals surface area (Å²) in [5, 5.41) is 12.0. The number of anilines is 1. The van der Waals surface area contributed by atoms with Crippen molar-refractivity contribution in [2.75, 3.05) is 31.6 Å². The van der Waals surface area contributed by atoms with Crippen molar-refractivity contribution in [3.63, 3.8) is 0 Å². The van der Waals surface area contributed by atoms with Crippen LogP contribution in [0.1, 0.15) is 19.3 Å². The summed E-state index contributed by atoms with van der Waals surface area (Å²) in [6.45, 7) is 2.49. The van der Waals surface area contributed by atoms with Crippen LogP contribution in [0.3, 0.4) is 0 Å². The van der Waals surface area contributed by atoms with Gasteiger partial charge in [-0.2, -0.15) is 0 Å². The first kappa shape index (κ1) is 16.9. The van der Waals surface area contributed by atoms with E-state index in [1.54, 1.807) is 0 Å². The van der Waals surface area contributed by atoms with E-state index in [1.165, 1.54) is 0 Å². The molecule has 1 saturated heterocycles. The molecule has 0 spiro atoms. The van der Waals surface area contributed by atoms with Gasteiger partial charge in [-0.05, 0) is 65.9 Å². The van der Waals surface area contributed by atoms with Crippen molar-refractivity contribution in [3.05, 3.63) is 27.1 Å². The van der Waals surface area contributed by atoms with Crippen LogP contribution >= 0.6 is 31.9 Å². The number of nitrogens with zero attached hydrogens (tertiary/aromatic N) is 1. The Hall–Kier alpha value is -0.430. The third-order valence-corrected chi connectivity index (χ3v) is 4.86. The van der Waals surface area contributed by atoms with E-state index in [9.17, 15) is 4.79 Å². The summed E-state index contributed by atoms with van der Waals surface area (Å²) in [5.74, 6) is 0.513. The second kappa shape index (κ2) is 8.27. The van der Waals surface area contributed by atoms with Crippen molar-refractivity contribution >= 4 is 43.5 Å². The standard InChI is InChI=1S/C15H20Br2N2O2/c16-12-3-4-14(13(17)8-12)18-15(21)10-19-6-1-2-11(9-19)5-7-20/h3-4,8,11,20H,1-2,5-7,9-10H2,(H,18,21). The summed E-state index contributed by atoms with van der Waals surface area (Å²) in [6.07, 6.45) is 3.08. The number of benzene rings is 1. The van der Waals surface area contributed by atoms with E-state index in [4.69, 9.17) is 5.11 Å². The predicted octanol–water partition coefficient (Wildman–Crippen LogP) is 3.24. The summed E-state index contributed by atoms with van der Waals surface area (Å²) in [6, 6.07) is 5.68. The van der Waals surface area contributed by atoms with Crippen molar-refractivity contribution in [2.24, 2.45) is 5.92 Å². The maximum Gasteiger partial charge on any atom is 0.238 e. The Labute approximate surface area is 142 Å². The van der Waals surface area contributed by atoms with E-state index < -0.39 is 0 Å². The second-order valence-electron chi connectivity index (χ2n) is 5.43. The van der Waals surface area contributed by atoms with Gasteiger partial charge in [0.15, 0.2) is 0 Å². The van der Waals surface area contributed by atoms with Gasteiger partial charge in [0.1, 0.15) is 0 Å². The zero-order chi connectivity index (χ0) is 15.2. The maximum absolute atomic E-state index is 12.1. The molecule has 0 aromatic heterocycles. The molecule has 1 heterocycles. The first-order chi connectivity index (χ1) is 10.1. The summed E-state index contributed by atoms with van der Waals surface area (Å²) in [7, 11) is 0. The van der Waals surface area contributed by atoms with Gasteiger partial charge in [-0.15, -0.1) is 0 Å². The molecule has 6 heteroatoms. The minimum atomic E-state index is 0.00247. The molecule has 1 aromatic carbocycles. The molecule has 0 bridgehead atoms. The number of aliphatic hydroxyl groups excluding tert-OH is 1. The Morgan fingerprint density at radius 3 is 2.95 bits per heavy atom. The van der Waals surface area contributed by atoms with Crippen LogP contribution in [0.5, 0.6) is 0 Å². The Kier molecular flexibility index (Phi) is 6.67. The summed E-state index contributed by atoms with van der Waals surface area (Å²) < 4.78 is 1.83. The molecule has 2 rings (SSSR count). The van der Waals surface area contributed by atoms with Crippen molar-refractivity contribution in [3.8, 4) is 0 Å². The molecular formula is C15H20Br2N2O2. The molecule has 1 aliphatic rings. The van der Waals surface area contributed by atoms with Gasteiger partial charge in [0.2, 0.25) is 5.91 Å². The molecule has 1 unspecified atom stereocenters. The lowest BCUT2D eigenvalue weighted by atomic mass is 9.95. The highest BCUT2D eigenvalue weighted by Gasteiger charge is 2.21. The predicted molar refractivity (Wildman–Crippen MR) is 91.3 cm³/mol. The smallest absolute Gasteiger partial charge is 0.238 e. The number of carbonyl (C=O) groups is 1. The zero-order valence-corrected chi connectivity index (χ0v) is 15.0. The fourth-order valence-corrected chi connectivity index (χ4v) is 3.84. The minimum Gasteiger partial charge on any atom is -0.396 e. The lowest BCUT2D eigenvalue weighted by Crippen LogP contribution is -2.40. The first-order valence-electron chi connectivity index (χ1n) is 7.16. The second-order valence-corrected chi connectivity index (χ2v) is 7.20. The van der Waals surface area contributed by atoms with Crippen LogP contribution < -0.4 is 5.32 Å². The number of rotatable bonds is 5. The molecule has 1 atom stereocenters. The van der Waals surface area contributed by atoms with Gasteiger partial charge in [-0.3, -0.25) is 9.69 Å². The van der Waals surface area contributed by atoms with Crippen LogP contribution in [0, 0.1) is 5.92 Å². The molecule has 1 fully saturated rings. The summed E-state index contributed by atoms with van der Waals surface area (Å²) in [4.78, 5) is 14.3. The average molecular weight is 420 g/mol. The molecule has 1 aromatic rings. The fraction of sp³-hybridized carbons (Fsp3) is 0.533. The summed E-state index contributed by atoms with van der Waals surface area (Å²) in [5.41, 5.74) is 0.784. The highest BCUT2D eigenvalue weighted by Crippen LogP contribution is 2.26. The van der Waals surface area contributed by atoms with E-state index in [0.29, 0.717) is 12.5 Å². The third kappa shape index (κ3) is 5.36. The number of hydrogen-bond acceptors (Lipinski definition) is 3. The van der Waals surface area contributed by atoms with Gasteiger partial charge in [0.25, 0.3) is 0 Å². The van der Waals surface area contributed by atoms with E-state index in [1.807, 2.05) is 18.2 Å². The number of halogens is 2. The number of carbonyl (C=O) groups excluding carboxylic acids is 1. The van der Waals surface area contributed by atoms with Gasteiger partial charge < -0.3 is 10.4 Å². The van der Waals surface area contributed by atoms with Crippen molar-refractivity contribution in [2.45, 2.75) is 19.3 Å². The molecule has 2 N–H and O–H groups in total. The highest BCUT2D eigenvalue weighted by atomic mass is 79.9. The molecule has 0 saturated carbocycles. The van der Waals surface area contributed by atoms with Gasteiger partial charge in [-0.1, -0.05) is 15.9 Å². The van der Waals surface area contributed by atoms with Crippen molar-refractivity contribution in [1.29, 1.82) is 0 Å². The number of likely N-dealkylation sites (tertiary alicyclic amines) is 1. The van der Waals surface area contributed by atoms with Gasteiger partial charge in [0, 0.05) is 22.1 Å². The van der Waals surface area contributed by atoms with Crippen LogP contribution in [0.2, 0.25) is 0 Å². The molecule has 1 aliphatic heterocycles. The third-order valence-electron chi connectivity index (χ3n) is 3.71. The summed E-state index contributed by atoms with van der Waals surface area (Å²) >= 11 is 6.84. The quantitative estimate of drug-likeness (QED) is 0.770. The SMILES string of the molecule is O=C(CN1CCCC(CCO)C1)Nc1ccc(Br)cc1Br. The molecule has 21 heavy (non-hydrogen) atoms. The largest absolute Gasteiger partial charge is 0.396 e. The lowest BCUT2D eigenvalue weighted by Gasteiger charge is -2.31. The molecule has 0 radical (unpaired) electrons. The number of hydrogen-bond donors (Lipinski definition) is 2. The van der Waals surface area contributed by atoms with Crippen molar-refractivity contribution < 1.29 is 9.90 Å². The number of nitrogens with one attached hydrogen (secondary N) is 1. The molecule has 4 nitrogen and oxygen atoms in total. The van der Waals surface area contributed by atoms with Gasteiger partial charge in [-0.25, -0.2) is 0 Å². The lowest BCUT2D eigenvalue weighted by molar-refractivity contribution is -0.117. The average Bonchev–Trinajstić information content (AvgIpc) is 2.43. The van der Waals surface area contributed by atoms with Gasteiger partial charge >= 0.3 is 0 Å². The van der Waals surface area contributed by atoms with E-state index in [-0.39, 0.29) is 12.5 Å². The van der Waals surface area contributed by atoms with Crippen LogP contribution in [0.15, 0.2) is 27.1 Å². The first-order valence-corrected chi connectivity index (χ1v) is 8.75. The van der Waals surface area contributed by atoms with E-state index in [2.05, 4.69) is 42.1 Å². The van der Waals surface area contributed by atoms with Crippen LogP contribution in [-0.2, 0) is 4.79 Å². The normalized spacial score (nSPS) is 19.5. The topological polar surface area (TPSA) is 52.6 Å². The Balaban J connectivity index is 1.86. The molecule has 116 valence electrons. The van der Waals surface area contributed by atoms with Crippen molar-refractivity contribution in [1.82, 2.24) is 4.90 Å². The minimum absolute atomic E-state index is 0.00247. The Morgan fingerprint density at radius 2 is 2.24 bits per heavy atom. The van der Waals surface area contributed by atoms with Crippen LogP contribution in [-0.4, -0.2) is 42.2 Å².